The maximum Gasteiger partial charge on any atom is 0.255 e. The summed E-state index contributed by atoms with van der Waals surface area (Å²) in [6, 6.07) is 22.7. The van der Waals surface area contributed by atoms with Crippen molar-refractivity contribution in [2.24, 2.45) is 0 Å². The lowest BCUT2D eigenvalue weighted by Gasteiger charge is -2.13. The number of hydrogen-bond donors (Lipinski definition) is 1. The fourth-order valence-corrected chi connectivity index (χ4v) is 3.54. The van der Waals surface area contributed by atoms with Crippen molar-refractivity contribution in [1.82, 2.24) is 4.31 Å². The van der Waals surface area contributed by atoms with Gasteiger partial charge in [0.2, 0.25) is 10.0 Å². The Labute approximate surface area is 170 Å². The van der Waals surface area contributed by atoms with Gasteiger partial charge in [-0.25, -0.2) is 12.7 Å². The molecule has 0 aliphatic heterocycles. The second kappa shape index (κ2) is 8.89. The minimum absolute atomic E-state index is 0.116. The molecule has 0 aromatic heterocycles. The van der Waals surface area contributed by atoms with Crippen LogP contribution in [-0.2, 0) is 16.6 Å². The zero-order valence-electron chi connectivity index (χ0n) is 16.2. The average molecular weight is 410 g/mol. The van der Waals surface area contributed by atoms with Gasteiger partial charge in [-0.3, -0.25) is 4.79 Å². The summed E-state index contributed by atoms with van der Waals surface area (Å²) >= 11 is 0. The third-order valence-electron chi connectivity index (χ3n) is 4.24. The van der Waals surface area contributed by atoms with Gasteiger partial charge < -0.3 is 10.1 Å². The summed E-state index contributed by atoms with van der Waals surface area (Å²) < 4.78 is 31.3. The molecule has 0 radical (unpaired) electrons. The van der Waals surface area contributed by atoms with E-state index in [9.17, 15) is 13.2 Å². The molecule has 1 amide bonds. The van der Waals surface area contributed by atoms with Gasteiger partial charge >= 0.3 is 0 Å². The topological polar surface area (TPSA) is 75.7 Å². The molecule has 3 aromatic rings. The highest BCUT2D eigenvalue weighted by Crippen LogP contribution is 2.19. The molecule has 0 unspecified atom stereocenters. The van der Waals surface area contributed by atoms with Gasteiger partial charge in [0.25, 0.3) is 5.91 Å². The number of nitrogens with zero attached hydrogens (tertiary/aromatic N) is 1. The first-order valence-corrected chi connectivity index (χ1v) is 10.4. The van der Waals surface area contributed by atoms with E-state index in [-0.39, 0.29) is 10.8 Å². The lowest BCUT2D eigenvalue weighted by molar-refractivity contribution is 0.102. The molecule has 0 aliphatic rings. The molecule has 0 fully saturated rings. The van der Waals surface area contributed by atoms with Crippen molar-refractivity contribution in [2.45, 2.75) is 11.5 Å². The van der Waals surface area contributed by atoms with Crippen LogP contribution in [0.25, 0.3) is 0 Å². The quantitative estimate of drug-likeness (QED) is 0.643. The summed E-state index contributed by atoms with van der Waals surface area (Å²) in [4.78, 5) is 12.6. The normalized spacial score (nSPS) is 11.3. The largest absolute Gasteiger partial charge is 0.489 e. The highest BCUT2D eigenvalue weighted by molar-refractivity contribution is 7.89. The monoisotopic (exact) mass is 410 g/mol. The Morgan fingerprint density at radius 2 is 1.62 bits per heavy atom. The van der Waals surface area contributed by atoms with Crippen LogP contribution in [0.3, 0.4) is 0 Å². The summed E-state index contributed by atoms with van der Waals surface area (Å²) in [6.45, 7) is 0.444. The number of benzene rings is 3. The number of carbonyl (C=O) groups excluding carboxylic acids is 1. The Hall–Kier alpha value is -3.16. The van der Waals surface area contributed by atoms with Crippen LogP contribution >= 0.6 is 0 Å². The van der Waals surface area contributed by atoms with Crippen molar-refractivity contribution in [2.75, 3.05) is 19.4 Å². The maximum absolute atomic E-state index is 12.5. The Kier molecular flexibility index (Phi) is 6.31. The third-order valence-corrected chi connectivity index (χ3v) is 6.05. The van der Waals surface area contributed by atoms with Gasteiger partial charge in [0.1, 0.15) is 12.4 Å². The van der Waals surface area contributed by atoms with E-state index in [0.717, 1.165) is 9.87 Å². The molecule has 6 nitrogen and oxygen atoms in total. The molecule has 1 N–H and O–H groups in total. The van der Waals surface area contributed by atoms with Crippen LogP contribution < -0.4 is 10.1 Å². The van der Waals surface area contributed by atoms with Crippen LogP contribution in [0.4, 0.5) is 5.69 Å². The first-order valence-electron chi connectivity index (χ1n) is 8.97. The number of sulfonamides is 1. The molecule has 0 aliphatic carbocycles. The maximum atomic E-state index is 12.5. The minimum atomic E-state index is -3.57. The van der Waals surface area contributed by atoms with Crippen LogP contribution in [-0.4, -0.2) is 32.7 Å². The van der Waals surface area contributed by atoms with Crippen molar-refractivity contribution < 1.29 is 17.9 Å². The molecule has 7 heteroatoms. The van der Waals surface area contributed by atoms with E-state index in [0.29, 0.717) is 23.6 Å². The standard InChI is InChI=1S/C22H22N2O4S/c1-24(2)29(26,27)21-10-6-9-19(15-21)23-22(25)18-11-13-20(14-12-18)28-16-17-7-4-3-5-8-17/h3-15H,16H2,1-2H3,(H,23,25). The Balaban J connectivity index is 1.65. The predicted octanol–water partition coefficient (Wildman–Crippen LogP) is 3.77. The molecular weight excluding hydrogens is 388 g/mol. The molecule has 0 saturated carbocycles. The van der Waals surface area contributed by atoms with Crippen molar-refractivity contribution >= 4 is 21.6 Å². The highest BCUT2D eigenvalue weighted by atomic mass is 32.2. The van der Waals surface area contributed by atoms with E-state index in [1.54, 1.807) is 36.4 Å². The van der Waals surface area contributed by atoms with Crippen molar-refractivity contribution in [3.8, 4) is 5.75 Å². The van der Waals surface area contributed by atoms with Gasteiger partial charge in [-0.05, 0) is 48.0 Å². The zero-order valence-corrected chi connectivity index (χ0v) is 17.0. The molecule has 0 heterocycles. The molecular formula is C22H22N2O4S. The number of hydrogen-bond acceptors (Lipinski definition) is 4. The average Bonchev–Trinajstić information content (AvgIpc) is 2.73. The lowest BCUT2D eigenvalue weighted by atomic mass is 10.2. The molecule has 0 spiro atoms. The molecule has 0 saturated heterocycles. The molecule has 3 rings (SSSR count). The predicted molar refractivity (Wildman–Crippen MR) is 112 cm³/mol. The van der Waals surface area contributed by atoms with E-state index in [1.807, 2.05) is 30.3 Å². The van der Waals surface area contributed by atoms with Crippen molar-refractivity contribution in [1.29, 1.82) is 0 Å². The summed E-state index contributed by atoms with van der Waals surface area (Å²) in [7, 11) is -0.649. The Bertz CT molecular complexity index is 1080. The molecule has 0 atom stereocenters. The molecule has 3 aromatic carbocycles. The van der Waals surface area contributed by atoms with E-state index in [4.69, 9.17) is 4.74 Å². The summed E-state index contributed by atoms with van der Waals surface area (Å²) in [5, 5.41) is 2.72. The fraction of sp³-hybridized carbons (Fsp3) is 0.136. The van der Waals surface area contributed by atoms with Gasteiger partial charge in [0.05, 0.1) is 4.90 Å². The van der Waals surface area contributed by atoms with Crippen LogP contribution in [0.5, 0.6) is 5.75 Å². The number of anilines is 1. The second-order valence-electron chi connectivity index (χ2n) is 6.57. The van der Waals surface area contributed by atoms with E-state index < -0.39 is 10.0 Å². The summed E-state index contributed by atoms with van der Waals surface area (Å²) in [6.07, 6.45) is 0. The Morgan fingerprint density at radius 3 is 2.28 bits per heavy atom. The van der Waals surface area contributed by atoms with Gasteiger partial charge in [-0.2, -0.15) is 0 Å². The van der Waals surface area contributed by atoms with Gasteiger partial charge in [0.15, 0.2) is 0 Å². The highest BCUT2D eigenvalue weighted by Gasteiger charge is 2.17. The number of ether oxygens (including phenoxy) is 1. The van der Waals surface area contributed by atoms with Crippen LogP contribution in [0.1, 0.15) is 15.9 Å². The van der Waals surface area contributed by atoms with Gasteiger partial charge in [-0.15, -0.1) is 0 Å². The van der Waals surface area contributed by atoms with E-state index >= 15 is 0 Å². The first-order chi connectivity index (χ1) is 13.9. The SMILES string of the molecule is CN(C)S(=O)(=O)c1cccc(NC(=O)c2ccc(OCc3ccccc3)cc2)c1. The van der Waals surface area contributed by atoms with Gasteiger partial charge in [-0.1, -0.05) is 36.4 Å². The van der Waals surface area contributed by atoms with Gasteiger partial charge in [0, 0.05) is 25.3 Å². The first kappa shape index (κ1) is 20.6. The number of amides is 1. The third kappa shape index (κ3) is 5.22. The Morgan fingerprint density at radius 1 is 0.931 bits per heavy atom. The van der Waals surface area contributed by atoms with E-state index in [1.165, 1.54) is 26.2 Å². The summed E-state index contributed by atoms with van der Waals surface area (Å²) in [5.74, 6) is 0.323. The van der Waals surface area contributed by atoms with Crippen molar-refractivity contribution in [3.63, 3.8) is 0 Å². The number of carbonyl (C=O) groups is 1. The molecule has 150 valence electrons. The fourth-order valence-electron chi connectivity index (χ4n) is 2.59. The van der Waals surface area contributed by atoms with Crippen LogP contribution in [0.15, 0.2) is 83.8 Å². The number of rotatable bonds is 7. The van der Waals surface area contributed by atoms with Crippen LogP contribution in [0, 0.1) is 0 Å². The minimum Gasteiger partial charge on any atom is -0.489 e. The molecule has 29 heavy (non-hydrogen) atoms. The zero-order chi connectivity index (χ0) is 20.9. The number of nitrogens with one attached hydrogen (secondary N) is 1. The lowest BCUT2D eigenvalue weighted by Crippen LogP contribution is -2.22. The smallest absolute Gasteiger partial charge is 0.255 e. The molecule has 0 bridgehead atoms. The van der Waals surface area contributed by atoms with Crippen LogP contribution in [0.2, 0.25) is 0 Å². The summed E-state index contributed by atoms with van der Waals surface area (Å²) in [5.41, 5.74) is 1.90. The van der Waals surface area contributed by atoms with E-state index in [2.05, 4.69) is 5.32 Å². The van der Waals surface area contributed by atoms with Crippen molar-refractivity contribution in [3.05, 3.63) is 90.0 Å². The second-order valence-corrected chi connectivity index (χ2v) is 8.72.